The van der Waals surface area contributed by atoms with Crippen molar-refractivity contribution in [1.29, 1.82) is 0 Å². The van der Waals surface area contributed by atoms with Crippen molar-refractivity contribution in [2.75, 3.05) is 0 Å². The molecule has 2 heterocycles. The Morgan fingerprint density at radius 2 is 2.12 bits per heavy atom. The van der Waals surface area contributed by atoms with Gasteiger partial charge >= 0.3 is 0 Å². The van der Waals surface area contributed by atoms with Crippen LogP contribution in [0.2, 0.25) is 4.34 Å². The molecule has 0 aromatic carbocycles. The van der Waals surface area contributed by atoms with Crippen molar-refractivity contribution in [1.82, 2.24) is 29.8 Å². The summed E-state index contributed by atoms with van der Waals surface area (Å²) in [5.74, 6) is 0.617. The fraction of sp³-hybridized carbons (Fsp3) is 0.625. The molecule has 17 heavy (non-hydrogen) atoms. The van der Waals surface area contributed by atoms with E-state index in [1.807, 2.05) is 20.8 Å². The van der Waals surface area contributed by atoms with E-state index in [1.165, 1.54) is 23.3 Å². The highest BCUT2D eigenvalue weighted by Crippen LogP contribution is 2.27. The molecule has 0 N–H and O–H groups in total. The van der Waals surface area contributed by atoms with Crippen LogP contribution in [0.5, 0.6) is 0 Å². The molecule has 2 aromatic heterocycles. The molecule has 0 aliphatic rings. The quantitative estimate of drug-likeness (QED) is 0.807. The topological polar surface area (TPSA) is 69.4 Å². The lowest BCUT2D eigenvalue weighted by Gasteiger charge is -2.19. The molecule has 0 amide bonds. The molecular weight excluding hydrogens is 280 g/mol. The van der Waals surface area contributed by atoms with Gasteiger partial charge in [0.2, 0.25) is 5.16 Å². The normalized spacial score (nSPS) is 12.0. The van der Waals surface area contributed by atoms with Crippen LogP contribution in [-0.2, 0) is 11.3 Å². The summed E-state index contributed by atoms with van der Waals surface area (Å²) in [5.41, 5.74) is 0.626. The number of rotatable bonds is 3. The summed E-state index contributed by atoms with van der Waals surface area (Å²) >= 11 is 8.61. The second-order valence-corrected chi connectivity index (χ2v) is 6.62. The molecule has 2 rings (SSSR count). The molecule has 92 valence electrons. The summed E-state index contributed by atoms with van der Waals surface area (Å²) in [6.45, 7) is 6.14. The van der Waals surface area contributed by atoms with E-state index >= 15 is 0 Å². The Kier molecular flexibility index (Phi) is 3.64. The number of aromatic nitrogens is 6. The fourth-order valence-electron chi connectivity index (χ4n) is 1.11. The minimum atomic E-state index is -0.143. The van der Waals surface area contributed by atoms with Gasteiger partial charge in [0.25, 0.3) is 0 Å². The van der Waals surface area contributed by atoms with E-state index in [9.17, 15) is 0 Å². The van der Waals surface area contributed by atoms with Crippen molar-refractivity contribution in [3.63, 3.8) is 0 Å². The zero-order chi connectivity index (χ0) is 12.5. The highest BCUT2D eigenvalue weighted by atomic mass is 35.5. The van der Waals surface area contributed by atoms with Gasteiger partial charge in [-0.15, -0.1) is 10.2 Å². The third kappa shape index (κ3) is 2.93. The van der Waals surface area contributed by atoms with Crippen molar-refractivity contribution >= 4 is 34.9 Å². The van der Waals surface area contributed by atoms with Crippen LogP contribution in [0.15, 0.2) is 5.16 Å². The Morgan fingerprint density at radius 1 is 1.35 bits per heavy atom. The largest absolute Gasteiger partial charge is 0.215 e. The van der Waals surface area contributed by atoms with Crippen LogP contribution in [0.3, 0.4) is 0 Å². The van der Waals surface area contributed by atoms with Crippen LogP contribution in [0.25, 0.3) is 0 Å². The van der Waals surface area contributed by atoms with Gasteiger partial charge < -0.3 is 0 Å². The zero-order valence-electron chi connectivity index (χ0n) is 9.58. The van der Waals surface area contributed by atoms with E-state index in [0.717, 1.165) is 10.9 Å². The standard InChI is InChI=1S/C8H11ClN6S2/c1-8(2,3)15-7(11-12-13-15)16-4-5-6(9)17-14-10-5/h4H2,1-3H3. The second kappa shape index (κ2) is 4.87. The average molecular weight is 291 g/mol. The maximum Gasteiger partial charge on any atom is 0.210 e. The molecule has 0 radical (unpaired) electrons. The highest BCUT2D eigenvalue weighted by molar-refractivity contribution is 7.98. The lowest BCUT2D eigenvalue weighted by molar-refractivity contribution is 0.321. The first-order chi connectivity index (χ1) is 7.98. The van der Waals surface area contributed by atoms with E-state index in [-0.39, 0.29) is 5.54 Å². The summed E-state index contributed by atoms with van der Waals surface area (Å²) in [4.78, 5) is 0. The van der Waals surface area contributed by atoms with Crippen LogP contribution in [0.1, 0.15) is 26.5 Å². The molecule has 9 heteroatoms. The van der Waals surface area contributed by atoms with Crippen LogP contribution in [0.4, 0.5) is 0 Å². The predicted molar refractivity (Wildman–Crippen MR) is 67.3 cm³/mol. The average Bonchev–Trinajstić information content (AvgIpc) is 2.82. The maximum atomic E-state index is 5.93. The monoisotopic (exact) mass is 290 g/mol. The number of tetrazole rings is 1. The lowest BCUT2D eigenvalue weighted by Crippen LogP contribution is -2.24. The smallest absolute Gasteiger partial charge is 0.210 e. The maximum absolute atomic E-state index is 5.93. The van der Waals surface area contributed by atoms with Crippen LogP contribution in [0, 0.1) is 0 Å². The molecule has 0 aliphatic heterocycles. The Labute approximate surface area is 112 Å². The molecule has 0 saturated carbocycles. The summed E-state index contributed by atoms with van der Waals surface area (Å²) in [6, 6.07) is 0. The van der Waals surface area contributed by atoms with Crippen LogP contribution >= 0.6 is 34.9 Å². The van der Waals surface area contributed by atoms with E-state index < -0.39 is 0 Å². The summed E-state index contributed by atoms with van der Waals surface area (Å²) < 4.78 is 6.18. The number of halogens is 1. The molecular formula is C8H11ClN6S2. The van der Waals surface area contributed by atoms with Crippen molar-refractivity contribution in [2.45, 2.75) is 37.2 Å². The first-order valence-electron chi connectivity index (χ1n) is 4.87. The molecule has 6 nitrogen and oxygen atoms in total. The number of nitrogens with zero attached hydrogens (tertiary/aromatic N) is 6. The number of hydrogen-bond acceptors (Lipinski definition) is 7. The van der Waals surface area contributed by atoms with Gasteiger partial charge in [-0.05, 0) is 31.2 Å². The predicted octanol–water partition coefficient (Wildman–Crippen LogP) is 2.23. The van der Waals surface area contributed by atoms with Crippen molar-refractivity contribution in [3.05, 3.63) is 10.0 Å². The van der Waals surface area contributed by atoms with Gasteiger partial charge in [-0.1, -0.05) is 27.9 Å². The molecule has 2 aromatic rings. The Bertz CT molecular complexity index is 502. The van der Waals surface area contributed by atoms with Gasteiger partial charge in [0, 0.05) is 17.3 Å². The van der Waals surface area contributed by atoms with Crippen molar-refractivity contribution in [3.8, 4) is 0 Å². The van der Waals surface area contributed by atoms with Crippen molar-refractivity contribution in [2.24, 2.45) is 0 Å². The molecule has 0 atom stereocenters. The molecule has 0 unspecified atom stereocenters. The summed E-state index contributed by atoms with van der Waals surface area (Å²) in [7, 11) is 0. The Balaban J connectivity index is 2.10. The Morgan fingerprint density at radius 3 is 2.71 bits per heavy atom. The Hall–Kier alpha value is -0.730. The third-order valence-corrected chi connectivity index (χ3v) is 3.84. The second-order valence-electron chi connectivity index (χ2n) is 4.33. The van der Waals surface area contributed by atoms with Crippen LogP contribution in [-0.4, -0.2) is 29.8 Å². The number of thioether (sulfide) groups is 1. The van der Waals surface area contributed by atoms with Gasteiger partial charge in [0.15, 0.2) is 0 Å². The van der Waals surface area contributed by atoms with E-state index in [0.29, 0.717) is 10.1 Å². The zero-order valence-corrected chi connectivity index (χ0v) is 12.0. The van der Waals surface area contributed by atoms with E-state index in [1.54, 1.807) is 4.68 Å². The fourth-order valence-corrected chi connectivity index (χ4v) is 2.90. The SMILES string of the molecule is CC(C)(C)n1nnnc1SCc1nnsc1Cl. The summed E-state index contributed by atoms with van der Waals surface area (Å²) in [6.07, 6.45) is 0. The minimum Gasteiger partial charge on any atom is -0.215 e. The van der Waals surface area contributed by atoms with Gasteiger partial charge in [0.05, 0.1) is 5.54 Å². The molecule has 0 saturated heterocycles. The van der Waals surface area contributed by atoms with Gasteiger partial charge in [0.1, 0.15) is 10.0 Å². The first kappa shape index (κ1) is 12.7. The number of hydrogen-bond donors (Lipinski definition) is 0. The van der Waals surface area contributed by atoms with Gasteiger partial charge in [-0.3, -0.25) is 0 Å². The third-order valence-electron chi connectivity index (χ3n) is 1.92. The molecule has 0 aliphatic carbocycles. The van der Waals surface area contributed by atoms with E-state index in [4.69, 9.17) is 11.6 Å². The van der Waals surface area contributed by atoms with Gasteiger partial charge in [-0.25, -0.2) is 4.68 Å². The first-order valence-corrected chi connectivity index (χ1v) is 7.00. The van der Waals surface area contributed by atoms with E-state index in [2.05, 4.69) is 25.1 Å². The van der Waals surface area contributed by atoms with Crippen LogP contribution < -0.4 is 0 Å². The van der Waals surface area contributed by atoms with Gasteiger partial charge in [-0.2, -0.15) is 0 Å². The minimum absolute atomic E-state index is 0.143. The molecule has 0 bridgehead atoms. The summed E-state index contributed by atoms with van der Waals surface area (Å²) in [5, 5.41) is 16.3. The molecule has 0 spiro atoms. The van der Waals surface area contributed by atoms with Crippen molar-refractivity contribution < 1.29 is 0 Å². The lowest BCUT2D eigenvalue weighted by atomic mass is 10.1. The highest BCUT2D eigenvalue weighted by Gasteiger charge is 2.20. The molecule has 0 fully saturated rings.